The lowest BCUT2D eigenvalue weighted by molar-refractivity contribution is 0.128. The highest BCUT2D eigenvalue weighted by Crippen LogP contribution is 2.16. The van der Waals surface area contributed by atoms with E-state index in [2.05, 4.69) is 24.2 Å². The first kappa shape index (κ1) is 12.0. The number of piperidine rings is 1. The molecule has 0 aromatic carbocycles. The van der Waals surface area contributed by atoms with Gasteiger partial charge in [0.1, 0.15) is 0 Å². The molecule has 1 fully saturated rings. The summed E-state index contributed by atoms with van der Waals surface area (Å²) in [6.45, 7) is 6.88. The van der Waals surface area contributed by atoms with Crippen molar-refractivity contribution in [3.05, 3.63) is 0 Å². The molecule has 1 aliphatic rings. The second-order valence-corrected chi connectivity index (χ2v) is 4.31. The third-order valence-corrected chi connectivity index (χ3v) is 3.18. The third-order valence-electron chi connectivity index (χ3n) is 3.18. The molecule has 1 N–H and O–H groups in total. The summed E-state index contributed by atoms with van der Waals surface area (Å²) in [7, 11) is 3.84. The van der Waals surface area contributed by atoms with Crippen LogP contribution in [0.5, 0.6) is 0 Å². The zero-order valence-corrected chi connectivity index (χ0v) is 9.75. The van der Waals surface area contributed by atoms with Gasteiger partial charge >= 0.3 is 0 Å². The third kappa shape index (κ3) is 3.56. The van der Waals surface area contributed by atoms with Crippen molar-refractivity contribution in [2.75, 3.05) is 40.4 Å². The molecule has 1 rings (SSSR count). The minimum absolute atomic E-state index is 0.716. The molecule has 84 valence electrons. The van der Waals surface area contributed by atoms with Crippen molar-refractivity contribution in [3.8, 4) is 0 Å². The van der Waals surface area contributed by atoms with Gasteiger partial charge in [-0.25, -0.2) is 0 Å². The van der Waals surface area contributed by atoms with Gasteiger partial charge in [-0.3, -0.25) is 0 Å². The summed E-state index contributed by atoms with van der Waals surface area (Å²) in [6.07, 6.45) is 2.44. The van der Waals surface area contributed by atoms with Crippen LogP contribution in [0.3, 0.4) is 0 Å². The van der Waals surface area contributed by atoms with E-state index in [1.54, 1.807) is 7.11 Å². The summed E-state index contributed by atoms with van der Waals surface area (Å²) in [5.41, 5.74) is 0. The molecular formula is C11H24N2O. The summed E-state index contributed by atoms with van der Waals surface area (Å²) < 4.78 is 5.06. The molecule has 14 heavy (non-hydrogen) atoms. The second kappa shape index (κ2) is 6.38. The predicted molar refractivity (Wildman–Crippen MR) is 59.6 cm³/mol. The number of methoxy groups -OCH3 is 1. The Labute approximate surface area is 87.8 Å². The molecule has 2 atom stereocenters. The SMILES string of the molecule is CNC1CCN(CCCOC)CC1C. The Balaban J connectivity index is 2.18. The highest BCUT2D eigenvalue weighted by molar-refractivity contribution is 4.81. The van der Waals surface area contributed by atoms with Gasteiger partial charge in [0.05, 0.1) is 0 Å². The molecule has 3 nitrogen and oxygen atoms in total. The van der Waals surface area contributed by atoms with E-state index in [-0.39, 0.29) is 0 Å². The summed E-state index contributed by atoms with van der Waals surface area (Å²) in [6, 6.07) is 0.716. The molecule has 0 radical (unpaired) electrons. The molecule has 1 saturated heterocycles. The highest BCUT2D eigenvalue weighted by Gasteiger charge is 2.23. The summed E-state index contributed by atoms with van der Waals surface area (Å²) in [4.78, 5) is 2.55. The maximum atomic E-state index is 5.06. The van der Waals surface area contributed by atoms with Crippen LogP contribution in [0.2, 0.25) is 0 Å². The standard InChI is InChI=1S/C11H24N2O/c1-10-9-13(6-4-8-14-3)7-5-11(10)12-2/h10-12H,4-9H2,1-3H3. The van der Waals surface area contributed by atoms with Crippen LogP contribution in [-0.4, -0.2) is 51.3 Å². The van der Waals surface area contributed by atoms with Gasteiger partial charge in [-0.1, -0.05) is 6.92 Å². The van der Waals surface area contributed by atoms with E-state index in [9.17, 15) is 0 Å². The summed E-state index contributed by atoms with van der Waals surface area (Å²) >= 11 is 0. The number of nitrogens with one attached hydrogen (secondary N) is 1. The topological polar surface area (TPSA) is 24.5 Å². The van der Waals surface area contributed by atoms with E-state index < -0.39 is 0 Å². The lowest BCUT2D eigenvalue weighted by Crippen LogP contribution is -2.47. The van der Waals surface area contributed by atoms with Gasteiger partial charge in [0.25, 0.3) is 0 Å². The first-order chi connectivity index (χ1) is 6.77. The van der Waals surface area contributed by atoms with Crippen LogP contribution in [0.25, 0.3) is 0 Å². The van der Waals surface area contributed by atoms with Crippen molar-refractivity contribution in [3.63, 3.8) is 0 Å². The molecule has 1 heterocycles. The predicted octanol–water partition coefficient (Wildman–Crippen LogP) is 0.953. The molecule has 0 aliphatic carbocycles. The smallest absolute Gasteiger partial charge is 0.0474 e. The number of hydrogen-bond donors (Lipinski definition) is 1. The highest BCUT2D eigenvalue weighted by atomic mass is 16.5. The van der Waals surface area contributed by atoms with Gasteiger partial charge in [0.15, 0.2) is 0 Å². The fourth-order valence-corrected chi connectivity index (χ4v) is 2.30. The first-order valence-electron chi connectivity index (χ1n) is 5.66. The average molecular weight is 200 g/mol. The van der Waals surface area contributed by atoms with E-state index in [4.69, 9.17) is 4.74 Å². The number of hydrogen-bond acceptors (Lipinski definition) is 3. The number of ether oxygens (including phenoxy) is 1. The maximum Gasteiger partial charge on any atom is 0.0474 e. The molecule has 0 bridgehead atoms. The van der Waals surface area contributed by atoms with Gasteiger partial charge in [0.2, 0.25) is 0 Å². The quantitative estimate of drug-likeness (QED) is 0.669. The second-order valence-electron chi connectivity index (χ2n) is 4.31. The maximum absolute atomic E-state index is 5.06. The van der Waals surface area contributed by atoms with Gasteiger partial charge in [-0.15, -0.1) is 0 Å². The van der Waals surface area contributed by atoms with Crippen molar-refractivity contribution in [2.45, 2.75) is 25.8 Å². The molecule has 0 aromatic rings. The Kier molecular flexibility index (Phi) is 5.45. The van der Waals surface area contributed by atoms with E-state index in [0.717, 1.165) is 18.9 Å². The van der Waals surface area contributed by atoms with Crippen LogP contribution in [0.4, 0.5) is 0 Å². The van der Waals surface area contributed by atoms with Gasteiger partial charge < -0.3 is 15.0 Å². The monoisotopic (exact) mass is 200 g/mol. The van der Waals surface area contributed by atoms with Crippen molar-refractivity contribution in [1.29, 1.82) is 0 Å². The number of likely N-dealkylation sites (tertiary alicyclic amines) is 1. The fraction of sp³-hybridized carbons (Fsp3) is 1.00. The van der Waals surface area contributed by atoms with Gasteiger partial charge in [0, 0.05) is 32.8 Å². The van der Waals surface area contributed by atoms with Crippen molar-refractivity contribution in [1.82, 2.24) is 10.2 Å². The Morgan fingerprint density at radius 3 is 2.86 bits per heavy atom. The van der Waals surface area contributed by atoms with E-state index in [1.165, 1.54) is 26.1 Å². The minimum Gasteiger partial charge on any atom is -0.385 e. The van der Waals surface area contributed by atoms with E-state index in [1.807, 2.05) is 0 Å². The molecule has 0 spiro atoms. The summed E-state index contributed by atoms with van der Waals surface area (Å²) in [5, 5.41) is 3.39. The first-order valence-corrected chi connectivity index (χ1v) is 5.66. The van der Waals surface area contributed by atoms with Crippen molar-refractivity contribution < 1.29 is 4.74 Å². The zero-order valence-electron chi connectivity index (χ0n) is 9.75. The van der Waals surface area contributed by atoms with Crippen LogP contribution in [0.15, 0.2) is 0 Å². The molecule has 0 amide bonds. The van der Waals surface area contributed by atoms with Crippen LogP contribution in [-0.2, 0) is 4.74 Å². The molecule has 3 heteroatoms. The van der Waals surface area contributed by atoms with E-state index in [0.29, 0.717) is 6.04 Å². The molecule has 2 unspecified atom stereocenters. The molecule has 0 saturated carbocycles. The minimum atomic E-state index is 0.716. The molecule has 1 aliphatic heterocycles. The lowest BCUT2D eigenvalue weighted by atomic mass is 9.94. The Morgan fingerprint density at radius 2 is 2.29 bits per heavy atom. The van der Waals surface area contributed by atoms with Crippen LogP contribution in [0.1, 0.15) is 19.8 Å². The van der Waals surface area contributed by atoms with Crippen LogP contribution >= 0.6 is 0 Å². The Hall–Kier alpha value is -0.120. The van der Waals surface area contributed by atoms with Crippen LogP contribution < -0.4 is 5.32 Å². The molecular weight excluding hydrogens is 176 g/mol. The lowest BCUT2D eigenvalue weighted by Gasteiger charge is -2.36. The van der Waals surface area contributed by atoms with Crippen molar-refractivity contribution in [2.24, 2.45) is 5.92 Å². The number of nitrogens with zero attached hydrogens (tertiary/aromatic N) is 1. The zero-order chi connectivity index (χ0) is 10.4. The van der Waals surface area contributed by atoms with Crippen molar-refractivity contribution >= 4 is 0 Å². The average Bonchev–Trinajstić information content (AvgIpc) is 2.18. The van der Waals surface area contributed by atoms with Gasteiger partial charge in [-0.05, 0) is 32.4 Å². The fourth-order valence-electron chi connectivity index (χ4n) is 2.30. The Morgan fingerprint density at radius 1 is 1.50 bits per heavy atom. The Bertz CT molecular complexity index is 150. The summed E-state index contributed by atoms with van der Waals surface area (Å²) in [5.74, 6) is 0.774. The number of rotatable bonds is 5. The van der Waals surface area contributed by atoms with E-state index >= 15 is 0 Å². The largest absolute Gasteiger partial charge is 0.385 e. The normalized spacial score (nSPS) is 29.4. The molecule has 0 aromatic heterocycles. The van der Waals surface area contributed by atoms with Crippen LogP contribution in [0, 0.1) is 5.92 Å². The van der Waals surface area contributed by atoms with Gasteiger partial charge in [-0.2, -0.15) is 0 Å².